The minimum absolute atomic E-state index is 0.470. The van der Waals surface area contributed by atoms with Gasteiger partial charge in [0.2, 0.25) is 0 Å². The summed E-state index contributed by atoms with van der Waals surface area (Å²) in [7, 11) is 0. The topological polar surface area (TPSA) is 78.7 Å². The maximum absolute atomic E-state index is 8.92. The van der Waals surface area contributed by atoms with E-state index in [0.717, 1.165) is 49.0 Å². The summed E-state index contributed by atoms with van der Waals surface area (Å²) < 4.78 is 11.6. The molecule has 3 rings (SSSR count). The molecule has 1 unspecified atom stereocenters. The van der Waals surface area contributed by atoms with Gasteiger partial charge in [0.15, 0.2) is 5.96 Å². The molecule has 0 radical (unpaired) electrons. The Hall–Kier alpha value is -3.04. The highest BCUT2D eigenvalue weighted by Gasteiger charge is 2.17. The summed E-state index contributed by atoms with van der Waals surface area (Å²) in [6.45, 7) is 8.36. The molecular weight excluding hydrogens is 376 g/mol. The van der Waals surface area contributed by atoms with Crippen molar-refractivity contribution in [3.05, 3.63) is 64.7 Å². The molecule has 1 heterocycles. The first-order valence-corrected chi connectivity index (χ1v) is 10.5. The molecule has 6 nitrogen and oxygen atoms in total. The molecule has 1 fully saturated rings. The Bertz CT molecular complexity index is 881. The van der Waals surface area contributed by atoms with Gasteiger partial charge in [-0.2, -0.15) is 5.26 Å². The van der Waals surface area contributed by atoms with Crippen LogP contribution in [-0.4, -0.2) is 32.3 Å². The van der Waals surface area contributed by atoms with Gasteiger partial charge in [-0.15, -0.1) is 0 Å². The number of hydrogen-bond donors (Lipinski definition) is 2. The minimum Gasteiger partial charge on any atom is -0.493 e. The lowest BCUT2D eigenvalue weighted by atomic mass is 10.1. The van der Waals surface area contributed by atoms with E-state index in [0.29, 0.717) is 31.2 Å². The molecule has 1 aliphatic heterocycles. The van der Waals surface area contributed by atoms with Gasteiger partial charge < -0.3 is 20.1 Å². The minimum atomic E-state index is 0.470. The van der Waals surface area contributed by atoms with Crippen molar-refractivity contribution in [2.75, 3.05) is 26.4 Å². The second kappa shape index (κ2) is 11.2. The van der Waals surface area contributed by atoms with Crippen LogP contribution in [0.1, 0.15) is 35.6 Å². The first kappa shape index (κ1) is 21.7. The molecule has 6 heteroatoms. The van der Waals surface area contributed by atoms with Gasteiger partial charge in [0, 0.05) is 31.2 Å². The summed E-state index contributed by atoms with van der Waals surface area (Å²) in [4.78, 5) is 4.66. The third-order valence-electron chi connectivity index (χ3n) is 5.01. The van der Waals surface area contributed by atoms with Crippen LogP contribution in [0, 0.1) is 24.2 Å². The van der Waals surface area contributed by atoms with Crippen molar-refractivity contribution in [3.63, 3.8) is 0 Å². The number of aliphatic imine (C=N–C) groups is 1. The Morgan fingerprint density at radius 2 is 2.07 bits per heavy atom. The average molecular weight is 407 g/mol. The van der Waals surface area contributed by atoms with Crippen molar-refractivity contribution in [2.24, 2.45) is 10.9 Å². The van der Waals surface area contributed by atoms with Crippen molar-refractivity contribution in [1.82, 2.24) is 10.6 Å². The predicted molar refractivity (Wildman–Crippen MR) is 118 cm³/mol. The Morgan fingerprint density at radius 1 is 1.23 bits per heavy atom. The summed E-state index contributed by atoms with van der Waals surface area (Å²) in [5.74, 6) is 2.13. The van der Waals surface area contributed by atoms with Gasteiger partial charge in [-0.25, -0.2) is 4.99 Å². The molecule has 0 amide bonds. The van der Waals surface area contributed by atoms with E-state index in [9.17, 15) is 0 Å². The van der Waals surface area contributed by atoms with Crippen LogP contribution in [0.25, 0.3) is 0 Å². The number of nitrogens with one attached hydrogen (secondary N) is 2. The highest BCUT2D eigenvalue weighted by atomic mass is 16.5. The van der Waals surface area contributed by atoms with Gasteiger partial charge in [0.25, 0.3) is 0 Å². The molecule has 0 aliphatic carbocycles. The number of guanidine groups is 1. The van der Waals surface area contributed by atoms with Crippen LogP contribution in [0.15, 0.2) is 47.5 Å². The lowest BCUT2D eigenvalue weighted by molar-refractivity contribution is 0.166. The zero-order chi connectivity index (χ0) is 21.2. The first-order valence-electron chi connectivity index (χ1n) is 10.5. The number of hydrogen-bond acceptors (Lipinski definition) is 4. The average Bonchev–Trinajstić information content (AvgIpc) is 3.29. The predicted octanol–water partition coefficient (Wildman–Crippen LogP) is 3.54. The third kappa shape index (κ3) is 6.50. The Morgan fingerprint density at radius 3 is 2.77 bits per heavy atom. The van der Waals surface area contributed by atoms with E-state index in [-0.39, 0.29) is 0 Å². The van der Waals surface area contributed by atoms with Gasteiger partial charge in [-0.3, -0.25) is 0 Å². The molecule has 0 bridgehead atoms. The second-order valence-electron chi connectivity index (χ2n) is 7.51. The lowest BCUT2D eigenvalue weighted by Gasteiger charge is -2.17. The fourth-order valence-corrected chi connectivity index (χ4v) is 3.24. The first-order chi connectivity index (χ1) is 14.7. The van der Waals surface area contributed by atoms with Crippen LogP contribution >= 0.6 is 0 Å². The van der Waals surface area contributed by atoms with Crippen LogP contribution < -0.4 is 15.4 Å². The van der Waals surface area contributed by atoms with E-state index in [1.807, 2.05) is 31.2 Å². The molecule has 0 spiro atoms. The molecule has 30 heavy (non-hydrogen) atoms. The van der Waals surface area contributed by atoms with Crippen molar-refractivity contribution < 1.29 is 9.47 Å². The van der Waals surface area contributed by atoms with Gasteiger partial charge in [0.05, 0.1) is 31.4 Å². The number of nitriles is 1. The molecular formula is C24H30N4O2. The van der Waals surface area contributed by atoms with Crippen LogP contribution in [0.2, 0.25) is 0 Å². The third-order valence-corrected chi connectivity index (χ3v) is 5.01. The molecule has 2 aromatic rings. The van der Waals surface area contributed by atoms with Crippen molar-refractivity contribution >= 4 is 5.96 Å². The highest BCUT2D eigenvalue weighted by Crippen LogP contribution is 2.22. The van der Waals surface area contributed by atoms with Crippen molar-refractivity contribution in [2.45, 2.75) is 33.4 Å². The molecule has 158 valence electrons. The molecule has 0 saturated carbocycles. The van der Waals surface area contributed by atoms with E-state index in [4.69, 9.17) is 14.7 Å². The molecule has 0 aromatic heterocycles. The molecule has 1 saturated heterocycles. The molecule has 2 aromatic carbocycles. The van der Waals surface area contributed by atoms with Crippen LogP contribution in [0.4, 0.5) is 0 Å². The normalized spacial score (nSPS) is 16.2. The smallest absolute Gasteiger partial charge is 0.191 e. The second-order valence-corrected chi connectivity index (χ2v) is 7.51. The van der Waals surface area contributed by atoms with Crippen LogP contribution in [0.3, 0.4) is 0 Å². The summed E-state index contributed by atoms with van der Waals surface area (Å²) in [6, 6.07) is 15.9. The van der Waals surface area contributed by atoms with Crippen LogP contribution in [0.5, 0.6) is 5.75 Å². The van der Waals surface area contributed by atoms with Crippen molar-refractivity contribution in [3.8, 4) is 11.8 Å². The van der Waals surface area contributed by atoms with Crippen LogP contribution in [-0.2, 0) is 17.8 Å². The maximum atomic E-state index is 8.92. The fraction of sp³-hybridized carbons (Fsp3) is 0.417. The quantitative estimate of drug-likeness (QED) is 0.518. The zero-order valence-corrected chi connectivity index (χ0v) is 17.8. The fourth-order valence-electron chi connectivity index (χ4n) is 3.24. The van der Waals surface area contributed by atoms with E-state index in [1.54, 1.807) is 0 Å². The molecule has 1 aliphatic rings. The Kier molecular flexibility index (Phi) is 8.10. The summed E-state index contributed by atoms with van der Waals surface area (Å²) in [5, 5.41) is 15.6. The van der Waals surface area contributed by atoms with E-state index < -0.39 is 0 Å². The zero-order valence-electron chi connectivity index (χ0n) is 17.8. The number of rotatable bonds is 8. The van der Waals surface area contributed by atoms with Gasteiger partial charge in [-0.05, 0) is 49.6 Å². The van der Waals surface area contributed by atoms with Crippen molar-refractivity contribution in [1.29, 1.82) is 5.26 Å². The number of benzene rings is 2. The van der Waals surface area contributed by atoms with E-state index >= 15 is 0 Å². The molecule has 2 N–H and O–H groups in total. The Labute approximate surface area is 178 Å². The van der Waals surface area contributed by atoms with E-state index in [1.165, 1.54) is 5.56 Å². The summed E-state index contributed by atoms with van der Waals surface area (Å²) in [6.07, 6.45) is 1.06. The summed E-state index contributed by atoms with van der Waals surface area (Å²) in [5.41, 5.74) is 3.99. The maximum Gasteiger partial charge on any atom is 0.191 e. The monoisotopic (exact) mass is 406 g/mol. The lowest BCUT2D eigenvalue weighted by Crippen LogP contribution is -2.36. The van der Waals surface area contributed by atoms with Gasteiger partial charge in [-0.1, -0.05) is 24.3 Å². The number of aryl methyl sites for hydroxylation is 1. The SMILES string of the molecule is CCNC(=NCc1ccc(C#N)cc1)NCc1ccc(C)cc1OCC1CCOC1. The number of ether oxygens (including phenoxy) is 2. The van der Waals surface area contributed by atoms with E-state index in [2.05, 4.69) is 46.8 Å². The highest BCUT2D eigenvalue weighted by molar-refractivity contribution is 5.79. The number of nitrogens with zero attached hydrogens (tertiary/aromatic N) is 2. The summed E-state index contributed by atoms with van der Waals surface area (Å²) >= 11 is 0. The van der Waals surface area contributed by atoms with Gasteiger partial charge >= 0.3 is 0 Å². The largest absolute Gasteiger partial charge is 0.493 e. The molecule has 1 atom stereocenters. The Balaban J connectivity index is 1.62. The van der Waals surface area contributed by atoms with Gasteiger partial charge in [0.1, 0.15) is 5.75 Å². The standard InChI is InChI=1S/C24H30N4O2/c1-3-26-24(27-14-20-7-5-19(13-25)6-8-20)28-15-22-9-4-18(2)12-23(22)30-17-21-10-11-29-16-21/h4-9,12,21H,3,10-11,14-17H2,1-2H3,(H2,26,27,28).